The van der Waals surface area contributed by atoms with Gasteiger partial charge < -0.3 is 5.32 Å². The Hall–Kier alpha value is -2.06. The second-order valence-electron chi connectivity index (χ2n) is 5.66. The van der Waals surface area contributed by atoms with Crippen LogP contribution >= 0.6 is 11.6 Å². The van der Waals surface area contributed by atoms with Crippen molar-refractivity contribution in [2.75, 3.05) is 10.0 Å². The molecule has 0 aliphatic carbocycles. The minimum Gasteiger partial charge on any atom is -0.326 e. The molecule has 0 unspecified atom stereocenters. The monoisotopic (exact) mass is 370 g/mol. The first-order valence-electron chi connectivity index (χ1n) is 7.24. The van der Waals surface area contributed by atoms with E-state index < -0.39 is 10.0 Å². The van der Waals surface area contributed by atoms with E-state index in [1.165, 1.54) is 4.68 Å². The number of hydrogen-bond acceptors (Lipinski definition) is 4. The van der Waals surface area contributed by atoms with Crippen molar-refractivity contribution in [1.82, 2.24) is 9.78 Å². The third kappa shape index (κ3) is 3.88. The lowest BCUT2D eigenvalue weighted by atomic mass is 10.2. The lowest BCUT2D eigenvalue weighted by Crippen LogP contribution is -2.18. The standard InChI is InChI=1S/C15H19ClN4O3S/c1-9(2)15(21)17-11-5-7-12(8-6-11)19-24(22,23)13-10(3)18-20(4)14(13)16/h5-9,19H,1-4H3,(H,17,21). The van der Waals surface area contributed by atoms with Crippen LogP contribution in [-0.4, -0.2) is 24.1 Å². The summed E-state index contributed by atoms with van der Waals surface area (Å²) in [6.45, 7) is 5.15. The van der Waals surface area contributed by atoms with E-state index in [-0.39, 0.29) is 21.9 Å². The van der Waals surface area contributed by atoms with Gasteiger partial charge in [0, 0.05) is 24.3 Å². The number of halogens is 1. The Morgan fingerprint density at radius 3 is 2.21 bits per heavy atom. The van der Waals surface area contributed by atoms with Crippen LogP contribution in [0.3, 0.4) is 0 Å². The number of aromatic nitrogens is 2. The van der Waals surface area contributed by atoms with Crippen LogP contribution in [0.4, 0.5) is 11.4 Å². The Labute approximate surface area is 146 Å². The maximum Gasteiger partial charge on any atom is 0.266 e. The number of carbonyl (C=O) groups excluding carboxylic acids is 1. The van der Waals surface area contributed by atoms with Crippen molar-refractivity contribution in [3.05, 3.63) is 35.1 Å². The van der Waals surface area contributed by atoms with Crippen molar-refractivity contribution in [2.45, 2.75) is 25.7 Å². The summed E-state index contributed by atoms with van der Waals surface area (Å²) in [4.78, 5) is 11.6. The number of nitrogens with one attached hydrogen (secondary N) is 2. The highest BCUT2D eigenvalue weighted by Gasteiger charge is 2.25. The van der Waals surface area contributed by atoms with Gasteiger partial charge in [-0.15, -0.1) is 0 Å². The summed E-state index contributed by atoms with van der Waals surface area (Å²) in [7, 11) is -2.29. The number of nitrogens with zero attached hydrogens (tertiary/aromatic N) is 2. The second kappa shape index (κ2) is 6.82. The molecule has 9 heteroatoms. The van der Waals surface area contributed by atoms with Gasteiger partial charge in [-0.2, -0.15) is 5.10 Å². The van der Waals surface area contributed by atoms with Crippen LogP contribution in [0.2, 0.25) is 5.15 Å². The number of amides is 1. The molecule has 0 fully saturated rings. The minimum absolute atomic E-state index is 0.0424. The molecule has 0 saturated carbocycles. The zero-order valence-electron chi connectivity index (χ0n) is 13.8. The number of benzene rings is 1. The van der Waals surface area contributed by atoms with Crippen LogP contribution in [0.15, 0.2) is 29.2 Å². The zero-order valence-corrected chi connectivity index (χ0v) is 15.4. The molecular formula is C15H19ClN4O3S. The topological polar surface area (TPSA) is 93.1 Å². The number of sulfonamides is 1. The molecule has 1 heterocycles. The maximum atomic E-state index is 12.5. The van der Waals surface area contributed by atoms with Gasteiger partial charge in [0.15, 0.2) is 0 Å². The molecule has 0 spiro atoms. The third-order valence-corrected chi connectivity index (χ3v) is 5.37. The quantitative estimate of drug-likeness (QED) is 0.846. The Kier molecular flexibility index (Phi) is 5.19. The molecule has 24 heavy (non-hydrogen) atoms. The van der Waals surface area contributed by atoms with Crippen molar-refractivity contribution in [3.63, 3.8) is 0 Å². The SMILES string of the molecule is Cc1nn(C)c(Cl)c1S(=O)(=O)Nc1ccc(NC(=O)C(C)C)cc1. The van der Waals surface area contributed by atoms with Crippen molar-refractivity contribution in [2.24, 2.45) is 13.0 Å². The fraction of sp³-hybridized carbons (Fsp3) is 0.333. The molecule has 0 bridgehead atoms. The number of rotatable bonds is 5. The molecule has 0 atom stereocenters. The average Bonchev–Trinajstić information content (AvgIpc) is 2.74. The van der Waals surface area contributed by atoms with Crippen LogP contribution in [0.1, 0.15) is 19.5 Å². The van der Waals surface area contributed by atoms with Crippen molar-refractivity contribution < 1.29 is 13.2 Å². The summed E-state index contributed by atoms with van der Waals surface area (Å²) in [6, 6.07) is 6.37. The molecule has 130 valence electrons. The van der Waals surface area contributed by atoms with Gasteiger partial charge in [-0.05, 0) is 31.2 Å². The van der Waals surface area contributed by atoms with E-state index in [4.69, 9.17) is 11.6 Å². The number of carbonyl (C=O) groups is 1. The van der Waals surface area contributed by atoms with Gasteiger partial charge in [0.25, 0.3) is 10.0 Å². The lowest BCUT2D eigenvalue weighted by molar-refractivity contribution is -0.118. The van der Waals surface area contributed by atoms with E-state index in [0.29, 0.717) is 17.1 Å². The molecule has 0 aliphatic heterocycles. The summed E-state index contributed by atoms with van der Waals surface area (Å²) in [6.07, 6.45) is 0. The third-order valence-electron chi connectivity index (χ3n) is 3.30. The summed E-state index contributed by atoms with van der Waals surface area (Å²) < 4.78 is 28.7. The Morgan fingerprint density at radius 2 is 1.75 bits per heavy atom. The summed E-state index contributed by atoms with van der Waals surface area (Å²) in [5.41, 5.74) is 1.26. The van der Waals surface area contributed by atoms with E-state index in [0.717, 1.165) is 0 Å². The highest BCUT2D eigenvalue weighted by molar-refractivity contribution is 7.92. The predicted octanol–water partition coefficient (Wildman–Crippen LogP) is 2.78. The molecular weight excluding hydrogens is 352 g/mol. The molecule has 1 amide bonds. The van der Waals surface area contributed by atoms with Crippen molar-refractivity contribution in [1.29, 1.82) is 0 Å². The molecule has 0 saturated heterocycles. The minimum atomic E-state index is -3.86. The number of aryl methyl sites for hydroxylation is 2. The molecule has 1 aromatic carbocycles. The van der Waals surface area contributed by atoms with Crippen molar-refractivity contribution >= 4 is 38.9 Å². The van der Waals surface area contributed by atoms with Crippen LogP contribution < -0.4 is 10.0 Å². The highest BCUT2D eigenvalue weighted by atomic mass is 35.5. The van der Waals surface area contributed by atoms with Gasteiger partial charge in [-0.25, -0.2) is 8.42 Å². The Bertz CT molecular complexity index is 858. The van der Waals surface area contributed by atoms with Crippen LogP contribution in [0, 0.1) is 12.8 Å². The molecule has 2 aromatic rings. The maximum absolute atomic E-state index is 12.5. The van der Waals surface area contributed by atoms with Crippen LogP contribution in [0.5, 0.6) is 0 Å². The first-order valence-corrected chi connectivity index (χ1v) is 9.10. The summed E-state index contributed by atoms with van der Waals surface area (Å²) >= 11 is 6.01. The highest BCUT2D eigenvalue weighted by Crippen LogP contribution is 2.26. The van der Waals surface area contributed by atoms with Crippen LogP contribution in [-0.2, 0) is 21.9 Å². The first-order chi connectivity index (χ1) is 11.1. The van der Waals surface area contributed by atoms with Gasteiger partial charge in [0.1, 0.15) is 10.0 Å². The van der Waals surface area contributed by atoms with E-state index in [9.17, 15) is 13.2 Å². The van der Waals surface area contributed by atoms with Gasteiger partial charge in [-0.1, -0.05) is 25.4 Å². The predicted molar refractivity (Wildman–Crippen MR) is 93.7 cm³/mol. The number of hydrogen-bond donors (Lipinski definition) is 2. The first kappa shape index (κ1) is 18.3. The van der Waals surface area contributed by atoms with E-state index >= 15 is 0 Å². The van der Waals surface area contributed by atoms with Gasteiger partial charge in [0.2, 0.25) is 5.91 Å². The summed E-state index contributed by atoms with van der Waals surface area (Å²) in [5, 5.41) is 6.78. The van der Waals surface area contributed by atoms with Gasteiger partial charge in [0.05, 0.1) is 5.69 Å². The molecule has 2 N–H and O–H groups in total. The molecule has 2 rings (SSSR count). The smallest absolute Gasteiger partial charge is 0.266 e. The average molecular weight is 371 g/mol. The summed E-state index contributed by atoms with van der Waals surface area (Å²) in [5.74, 6) is -0.250. The van der Waals surface area contributed by atoms with E-state index in [2.05, 4.69) is 15.1 Å². The van der Waals surface area contributed by atoms with Crippen molar-refractivity contribution in [3.8, 4) is 0 Å². The van der Waals surface area contributed by atoms with Gasteiger partial charge in [-0.3, -0.25) is 14.2 Å². The normalized spacial score (nSPS) is 11.6. The second-order valence-corrected chi connectivity index (χ2v) is 7.63. The van der Waals surface area contributed by atoms with Gasteiger partial charge >= 0.3 is 0 Å². The van der Waals surface area contributed by atoms with Crippen LogP contribution in [0.25, 0.3) is 0 Å². The Balaban J connectivity index is 2.20. The fourth-order valence-corrected chi connectivity index (χ4v) is 3.84. The number of anilines is 2. The molecule has 0 radical (unpaired) electrons. The molecule has 0 aliphatic rings. The molecule has 1 aromatic heterocycles. The van der Waals surface area contributed by atoms with E-state index in [1.54, 1.807) is 52.1 Å². The fourth-order valence-electron chi connectivity index (χ4n) is 2.03. The van der Waals surface area contributed by atoms with E-state index in [1.807, 2.05) is 0 Å². The lowest BCUT2D eigenvalue weighted by Gasteiger charge is -2.10. The largest absolute Gasteiger partial charge is 0.326 e. The molecule has 7 nitrogen and oxygen atoms in total. The Morgan fingerprint density at radius 1 is 1.21 bits per heavy atom. The zero-order chi connectivity index (χ0) is 18.1.